The Balaban J connectivity index is 1.39. The third-order valence-corrected chi connectivity index (χ3v) is 5.05. The predicted molar refractivity (Wildman–Crippen MR) is 102 cm³/mol. The van der Waals surface area contributed by atoms with Crippen molar-refractivity contribution < 1.29 is 0 Å². The molecule has 4 rings (SSSR count). The lowest BCUT2D eigenvalue weighted by Gasteiger charge is -2.22. The summed E-state index contributed by atoms with van der Waals surface area (Å²) < 4.78 is 1.64. The second-order valence-electron chi connectivity index (χ2n) is 7.15. The second kappa shape index (κ2) is 6.92. The van der Waals surface area contributed by atoms with Crippen LogP contribution in [0, 0.1) is 5.92 Å². The number of fused-ring (bicyclic) bond motifs is 1. The van der Waals surface area contributed by atoms with Crippen LogP contribution in [0.15, 0.2) is 41.3 Å². The average molecular weight is 352 g/mol. The molecule has 1 unspecified atom stereocenters. The zero-order chi connectivity index (χ0) is 18.1. The van der Waals surface area contributed by atoms with Gasteiger partial charge < -0.3 is 9.88 Å². The van der Waals surface area contributed by atoms with Gasteiger partial charge in [0.1, 0.15) is 11.2 Å². The first-order valence-corrected chi connectivity index (χ1v) is 8.99. The van der Waals surface area contributed by atoms with E-state index in [1.807, 2.05) is 0 Å². The number of benzene rings is 1. The van der Waals surface area contributed by atoms with Crippen molar-refractivity contribution >= 4 is 16.7 Å². The van der Waals surface area contributed by atoms with Crippen molar-refractivity contribution in [2.24, 2.45) is 13.0 Å². The molecule has 7 nitrogen and oxygen atoms in total. The largest absolute Gasteiger partial charge is 0.371 e. The molecule has 7 heteroatoms. The van der Waals surface area contributed by atoms with Gasteiger partial charge in [-0.1, -0.05) is 18.2 Å². The fourth-order valence-corrected chi connectivity index (χ4v) is 3.77. The Morgan fingerprint density at radius 1 is 1.31 bits per heavy atom. The zero-order valence-corrected chi connectivity index (χ0v) is 15.2. The molecule has 3 heterocycles. The van der Waals surface area contributed by atoms with Crippen LogP contribution in [0.5, 0.6) is 0 Å². The number of hydrogen-bond acceptors (Lipinski definition) is 5. The number of nitrogens with one attached hydrogen (secondary N) is 1. The van der Waals surface area contributed by atoms with Gasteiger partial charge in [-0.05, 0) is 31.5 Å². The van der Waals surface area contributed by atoms with Gasteiger partial charge in [0.2, 0.25) is 0 Å². The van der Waals surface area contributed by atoms with Crippen LogP contribution in [0.25, 0.3) is 11.0 Å². The molecule has 0 aliphatic carbocycles. The van der Waals surface area contributed by atoms with Crippen molar-refractivity contribution in [2.75, 3.05) is 31.6 Å². The van der Waals surface area contributed by atoms with Gasteiger partial charge in [0.05, 0.1) is 12.7 Å². The maximum absolute atomic E-state index is 12.2. The van der Waals surface area contributed by atoms with Crippen LogP contribution < -0.4 is 10.5 Å². The van der Waals surface area contributed by atoms with Gasteiger partial charge >= 0.3 is 0 Å². The molecule has 0 saturated carbocycles. The number of hydrogen-bond donors (Lipinski definition) is 1. The highest BCUT2D eigenvalue weighted by Gasteiger charge is 2.24. The first-order valence-electron chi connectivity index (χ1n) is 8.99. The third-order valence-electron chi connectivity index (χ3n) is 5.05. The Hall–Kier alpha value is -2.67. The average Bonchev–Trinajstić information content (AvgIpc) is 3.23. The lowest BCUT2D eigenvalue weighted by molar-refractivity contribution is 0.273. The van der Waals surface area contributed by atoms with Crippen molar-refractivity contribution in [2.45, 2.75) is 13.0 Å². The van der Waals surface area contributed by atoms with Gasteiger partial charge in [-0.3, -0.25) is 14.4 Å². The smallest absolute Gasteiger partial charge is 0.262 e. The number of aromatic amines is 1. The van der Waals surface area contributed by atoms with Gasteiger partial charge in [0.25, 0.3) is 5.56 Å². The number of anilines is 1. The molecule has 1 aromatic carbocycles. The monoisotopic (exact) mass is 352 g/mol. The number of nitrogens with zero attached hydrogens (tertiary/aromatic N) is 5. The standard InChI is InChI=1S/C19H24N6O/c1-23(11-14-8-9-25(12-14)15-6-4-3-5-7-15)13-17-21-18-16(19(26)22-17)10-20-24(18)2/h3-7,10,14H,8-9,11-13H2,1-2H3,(H,21,22,26). The highest BCUT2D eigenvalue weighted by Crippen LogP contribution is 2.24. The molecular formula is C19H24N6O. The van der Waals surface area contributed by atoms with Gasteiger partial charge in [-0.25, -0.2) is 4.98 Å². The maximum atomic E-state index is 12.2. The summed E-state index contributed by atoms with van der Waals surface area (Å²) in [5.74, 6) is 1.30. The lowest BCUT2D eigenvalue weighted by atomic mass is 10.1. The van der Waals surface area contributed by atoms with Crippen LogP contribution in [0.4, 0.5) is 5.69 Å². The lowest BCUT2D eigenvalue weighted by Crippen LogP contribution is -2.29. The van der Waals surface area contributed by atoms with Gasteiger partial charge in [0.15, 0.2) is 5.65 Å². The van der Waals surface area contributed by atoms with Crippen LogP contribution >= 0.6 is 0 Å². The Morgan fingerprint density at radius 3 is 2.92 bits per heavy atom. The van der Waals surface area contributed by atoms with E-state index in [1.165, 1.54) is 12.1 Å². The fourth-order valence-electron chi connectivity index (χ4n) is 3.77. The second-order valence-corrected chi connectivity index (χ2v) is 7.15. The van der Waals surface area contributed by atoms with E-state index in [4.69, 9.17) is 0 Å². The Kier molecular flexibility index (Phi) is 4.46. The van der Waals surface area contributed by atoms with Crippen LogP contribution in [0.1, 0.15) is 12.2 Å². The summed E-state index contributed by atoms with van der Waals surface area (Å²) in [7, 11) is 3.89. The minimum Gasteiger partial charge on any atom is -0.371 e. The Morgan fingerprint density at radius 2 is 2.12 bits per heavy atom. The van der Waals surface area contributed by atoms with Crippen molar-refractivity contribution in [1.82, 2.24) is 24.6 Å². The number of H-pyrrole nitrogens is 1. The molecule has 0 spiro atoms. The highest BCUT2D eigenvalue weighted by molar-refractivity contribution is 5.72. The minimum atomic E-state index is -0.123. The molecule has 3 aromatic rings. The van der Waals surface area contributed by atoms with Crippen molar-refractivity contribution in [3.05, 3.63) is 52.7 Å². The summed E-state index contributed by atoms with van der Waals surface area (Å²) in [6, 6.07) is 10.6. The van der Waals surface area contributed by atoms with E-state index in [0.29, 0.717) is 29.3 Å². The number of para-hydroxylation sites is 1. The van der Waals surface area contributed by atoms with Gasteiger partial charge in [-0.2, -0.15) is 5.10 Å². The van der Waals surface area contributed by atoms with Crippen LogP contribution in [-0.4, -0.2) is 51.3 Å². The summed E-state index contributed by atoms with van der Waals surface area (Å²) in [6.45, 7) is 3.77. The molecule has 0 amide bonds. The molecule has 1 atom stereocenters. The molecular weight excluding hydrogens is 328 g/mol. The van der Waals surface area contributed by atoms with E-state index < -0.39 is 0 Å². The fraction of sp³-hybridized carbons (Fsp3) is 0.421. The normalized spacial score (nSPS) is 17.5. The van der Waals surface area contributed by atoms with E-state index in [1.54, 1.807) is 17.9 Å². The van der Waals surface area contributed by atoms with E-state index >= 15 is 0 Å². The van der Waals surface area contributed by atoms with Crippen LogP contribution in [0.2, 0.25) is 0 Å². The Bertz CT molecular complexity index is 948. The van der Waals surface area contributed by atoms with Crippen molar-refractivity contribution in [3.8, 4) is 0 Å². The summed E-state index contributed by atoms with van der Waals surface area (Å²) in [6.07, 6.45) is 2.75. The molecule has 26 heavy (non-hydrogen) atoms. The van der Waals surface area contributed by atoms with E-state index in [9.17, 15) is 4.79 Å². The summed E-state index contributed by atoms with van der Waals surface area (Å²) >= 11 is 0. The quantitative estimate of drug-likeness (QED) is 0.756. The SMILES string of the molecule is CN(Cc1nc2c(cnn2C)c(=O)[nH]1)CC1CCN(c2ccccc2)C1. The van der Waals surface area contributed by atoms with E-state index in [-0.39, 0.29) is 5.56 Å². The van der Waals surface area contributed by atoms with E-state index in [2.05, 4.69) is 62.2 Å². The van der Waals surface area contributed by atoms with Gasteiger partial charge in [0, 0.05) is 32.4 Å². The third kappa shape index (κ3) is 3.35. The molecule has 136 valence electrons. The summed E-state index contributed by atoms with van der Waals surface area (Å²) in [4.78, 5) is 24.3. The molecule has 1 saturated heterocycles. The van der Waals surface area contributed by atoms with Crippen molar-refractivity contribution in [1.29, 1.82) is 0 Å². The Labute approximate surface area is 152 Å². The van der Waals surface area contributed by atoms with E-state index in [0.717, 1.165) is 19.6 Å². The maximum Gasteiger partial charge on any atom is 0.262 e. The topological polar surface area (TPSA) is 70.0 Å². The highest BCUT2D eigenvalue weighted by atomic mass is 16.1. The zero-order valence-electron chi connectivity index (χ0n) is 15.2. The molecule has 1 aliphatic heterocycles. The predicted octanol–water partition coefficient (Wildman–Crippen LogP) is 1.61. The van der Waals surface area contributed by atoms with Gasteiger partial charge in [-0.15, -0.1) is 0 Å². The molecule has 2 aromatic heterocycles. The van der Waals surface area contributed by atoms with Crippen LogP contribution in [0.3, 0.4) is 0 Å². The minimum absolute atomic E-state index is 0.123. The first kappa shape index (κ1) is 16.8. The van der Waals surface area contributed by atoms with Crippen molar-refractivity contribution in [3.63, 3.8) is 0 Å². The van der Waals surface area contributed by atoms with Crippen LogP contribution in [-0.2, 0) is 13.6 Å². The molecule has 0 radical (unpaired) electrons. The number of aryl methyl sites for hydroxylation is 1. The number of rotatable bonds is 5. The number of aromatic nitrogens is 4. The summed E-state index contributed by atoms with van der Waals surface area (Å²) in [5, 5.41) is 4.65. The molecule has 0 bridgehead atoms. The molecule has 1 fully saturated rings. The molecule has 1 N–H and O–H groups in total. The first-order chi connectivity index (χ1) is 12.6. The summed E-state index contributed by atoms with van der Waals surface area (Å²) in [5.41, 5.74) is 1.81. The molecule has 1 aliphatic rings.